The number of aromatic nitrogens is 4. The molecule has 1 aliphatic rings. The maximum atomic E-state index is 12.9. The minimum atomic E-state index is -0.193. The molecular formula is C19H22N6O3. The van der Waals surface area contributed by atoms with E-state index in [0.717, 1.165) is 24.6 Å². The Bertz CT molecular complexity index is 917. The molecule has 9 heteroatoms. The second-order valence-corrected chi connectivity index (χ2v) is 6.60. The predicted octanol–water partition coefficient (Wildman–Crippen LogP) is 1.57. The molecule has 1 atom stereocenters. The van der Waals surface area contributed by atoms with Gasteiger partial charge in [-0.1, -0.05) is 18.2 Å². The molecule has 1 saturated heterocycles. The number of hydrogen-bond acceptors (Lipinski definition) is 7. The summed E-state index contributed by atoms with van der Waals surface area (Å²) in [6.07, 6.45) is 0. The van der Waals surface area contributed by atoms with Crippen molar-refractivity contribution in [1.29, 1.82) is 0 Å². The fourth-order valence-electron chi connectivity index (χ4n) is 3.37. The van der Waals surface area contributed by atoms with Gasteiger partial charge in [0.1, 0.15) is 11.5 Å². The second kappa shape index (κ2) is 8.32. The third-order valence-electron chi connectivity index (χ3n) is 4.79. The van der Waals surface area contributed by atoms with E-state index in [2.05, 4.69) is 30.8 Å². The van der Waals surface area contributed by atoms with Gasteiger partial charge >= 0.3 is 0 Å². The van der Waals surface area contributed by atoms with Gasteiger partial charge in [0.05, 0.1) is 24.8 Å². The van der Waals surface area contributed by atoms with Crippen molar-refractivity contribution in [3.8, 4) is 11.4 Å². The molecule has 28 heavy (non-hydrogen) atoms. The summed E-state index contributed by atoms with van der Waals surface area (Å²) in [5.41, 5.74) is 1.13. The summed E-state index contributed by atoms with van der Waals surface area (Å²) in [5, 5.41) is 17.0. The van der Waals surface area contributed by atoms with Crippen LogP contribution in [0.15, 0.2) is 40.8 Å². The highest BCUT2D eigenvalue weighted by atomic mass is 16.5. The molecule has 1 amide bonds. The van der Waals surface area contributed by atoms with Crippen LogP contribution in [-0.4, -0.2) is 64.3 Å². The maximum Gasteiger partial charge on any atom is 0.252 e. The van der Waals surface area contributed by atoms with Crippen molar-refractivity contribution < 1.29 is 13.9 Å². The molecule has 1 fully saturated rings. The van der Waals surface area contributed by atoms with E-state index in [9.17, 15) is 4.79 Å². The standard InChI is InChI=1S/C19H22N6O3/c1-13-6-7-17(28-13)16(25-8-10-27-11-9-25)12-20-19(26)15-5-3-2-4-14(15)18-21-23-24-22-18/h2-7,16H,8-12H2,1H3,(H,20,26)(H,21,22,23,24). The number of aryl methyl sites for hydroxylation is 1. The summed E-state index contributed by atoms with van der Waals surface area (Å²) < 4.78 is 11.3. The highest BCUT2D eigenvalue weighted by molar-refractivity contribution is 6.00. The zero-order chi connectivity index (χ0) is 19.3. The van der Waals surface area contributed by atoms with Crippen LogP contribution < -0.4 is 5.32 Å². The lowest BCUT2D eigenvalue weighted by Crippen LogP contribution is -2.43. The minimum absolute atomic E-state index is 0.0566. The van der Waals surface area contributed by atoms with Crippen LogP contribution in [0.4, 0.5) is 0 Å². The first-order valence-corrected chi connectivity index (χ1v) is 9.21. The van der Waals surface area contributed by atoms with Crippen LogP contribution in [0, 0.1) is 6.92 Å². The first kappa shape index (κ1) is 18.3. The number of H-pyrrole nitrogens is 1. The van der Waals surface area contributed by atoms with E-state index < -0.39 is 0 Å². The van der Waals surface area contributed by atoms with Gasteiger partial charge in [0, 0.05) is 25.2 Å². The van der Waals surface area contributed by atoms with E-state index in [4.69, 9.17) is 9.15 Å². The van der Waals surface area contributed by atoms with Gasteiger partial charge in [-0.3, -0.25) is 9.69 Å². The molecule has 1 unspecified atom stereocenters. The predicted molar refractivity (Wildman–Crippen MR) is 101 cm³/mol. The Kier molecular flexibility index (Phi) is 5.45. The van der Waals surface area contributed by atoms with Crippen LogP contribution in [0.2, 0.25) is 0 Å². The molecule has 146 valence electrons. The van der Waals surface area contributed by atoms with E-state index in [-0.39, 0.29) is 11.9 Å². The minimum Gasteiger partial charge on any atom is -0.465 e. The van der Waals surface area contributed by atoms with Crippen LogP contribution in [0.25, 0.3) is 11.4 Å². The first-order chi connectivity index (χ1) is 13.7. The Labute approximate surface area is 162 Å². The number of rotatable bonds is 6. The van der Waals surface area contributed by atoms with Gasteiger partial charge in [-0.15, -0.1) is 10.2 Å². The van der Waals surface area contributed by atoms with Crippen LogP contribution >= 0.6 is 0 Å². The Morgan fingerprint density at radius 1 is 1.25 bits per heavy atom. The highest BCUT2D eigenvalue weighted by Crippen LogP contribution is 2.24. The van der Waals surface area contributed by atoms with E-state index >= 15 is 0 Å². The normalized spacial score (nSPS) is 16.0. The lowest BCUT2D eigenvalue weighted by molar-refractivity contribution is 0.0117. The monoisotopic (exact) mass is 382 g/mol. The van der Waals surface area contributed by atoms with Crippen molar-refractivity contribution in [3.05, 3.63) is 53.5 Å². The topological polar surface area (TPSA) is 109 Å². The van der Waals surface area contributed by atoms with Gasteiger partial charge in [0.2, 0.25) is 5.82 Å². The highest BCUT2D eigenvalue weighted by Gasteiger charge is 2.26. The van der Waals surface area contributed by atoms with Gasteiger partial charge in [-0.25, -0.2) is 0 Å². The quantitative estimate of drug-likeness (QED) is 0.666. The lowest BCUT2D eigenvalue weighted by Gasteiger charge is -2.33. The van der Waals surface area contributed by atoms with Crippen molar-refractivity contribution >= 4 is 5.91 Å². The fourth-order valence-corrected chi connectivity index (χ4v) is 3.37. The number of tetrazole rings is 1. The van der Waals surface area contributed by atoms with Crippen molar-refractivity contribution in [2.24, 2.45) is 0 Å². The van der Waals surface area contributed by atoms with Gasteiger partial charge in [-0.05, 0) is 30.3 Å². The smallest absolute Gasteiger partial charge is 0.252 e. The average Bonchev–Trinajstić information content (AvgIpc) is 3.41. The van der Waals surface area contributed by atoms with Gasteiger partial charge in [0.15, 0.2) is 0 Å². The van der Waals surface area contributed by atoms with E-state index in [1.165, 1.54) is 0 Å². The SMILES string of the molecule is Cc1ccc(C(CNC(=O)c2ccccc2-c2nn[nH]n2)N2CCOCC2)o1. The molecule has 3 heterocycles. The number of amides is 1. The molecule has 0 bridgehead atoms. The first-order valence-electron chi connectivity index (χ1n) is 9.21. The van der Waals surface area contributed by atoms with Crippen molar-refractivity contribution in [1.82, 2.24) is 30.8 Å². The number of aromatic amines is 1. The number of benzene rings is 1. The van der Waals surface area contributed by atoms with Crippen LogP contribution in [0.1, 0.15) is 27.9 Å². The molecular weight excluding hydrogens is 360 g/mol. The van der Waals surface area contributed by atoms with E-state index in [0.29, 0.717) is 36.7 Å². The molecule has 1 aromatic carbocycles. The van der Waals surface area contributed by atoms with Gasteiger partial charge < -0.3 is 14.5 Å². The molecule has 0 aliphatic carbocycles. The molecule has 1 aliphatic heterocycles. The van der Waals surface area contributed by atoms with Crippen molar-refractivity contribution in [2.75, 3.05) is 32.8 Å². The third-order valence-corrected chi connectivity index (χ3v) is 4.79. The van der Waals surface area contributed by atoms with Gasteiger partial charge in [0.25, 0.3) is 5.91 Å². The number of nitrogens with zero attached hydrogens (tertiary/aromatic N) is 4. The molecule has 9 nitrogen and oxygen atoms in total. The Morgan fingerprint density at radius 2 is 2.07 bits per heavy atom. The zero-order valence-electron chi connectivity index (χ0n) is 15.6. The molecule has 4 rings (SSSR count). The summed E-state index contributed by atoms with van der Waals surface area (Å²) in [4.78, 5) is 15.2. The number of carbonyl (C=O) groups excluding carboxylic acids is 1. The van der Waals surface area contributed by atoms with Gasteiger partial charge in [-0.2, -0.15) is 5.21 Å². The summed E-state index contributed by atoms with van der Waals surface area (Å²) in [5.74, 6) is 1.88. The number of ether oxygens (including phenoxy) is 1. The third kappa shape index (κ3) is 3.95. The molecule has 0 spiro atoms. The zero-order valence-corrected chi connectivity index (χ0v) is 15.6. The molecule has 2 aromatic heterocycles. The second-order valence-electron chi connectivity index (χ2n) is 6.60. The molecule has 0 saturated carbocycles. The van der Waals surface area contributed by atoms with Crippen LogP contribution in [-0.2, 0) is 4.74 Å². The Morgan fingerprint density at radius 3 is 2.79 bits per heavy atom. The molecule has 0 radical (unpaired) electrons. The Balaban J connectivity index is 1.52. The number of hydrogen-bond donors (Lipinski definition) is 2. The largest absolute Gasteiger partial charge is 0.465 e. The van der Waals surface area contributed by atoms with Crippen LogP contribution in [0.5, 0.6) is 0 Å². The van der Waals surface area contributed by atoms with Crippen molar-refractivity contribution in [2.45, 2.75) is 13.0 Å². The van der Waals surface area contributed by atoms with E-state index in [1.807, 2.05) is 31.2 Å². The summed E-state index contributed by atoms with van der Waals surface area (Å²) in [6, 6.07) is 11.1. The summed E-state index contributed by atoms with van der Waals surface area (Å²) in [7, 11) is 0. The number of carbonyl (C=O) groups is 1. The van der Waals surface area contributed by atoms with E-state index in [1.54, 1.807) is 12.1 Å². The van der Waals surface area contributed by atoms with Crippen molar-refractivity contribution in [3.63, 3.8) is 0 Å². The summed E-state index contributed by atoms with van der Waals surface area (Å²) >= 11 is 0. The maximum absolute atomic E-state index is 12.9. The average molecular weight is 382 g/mol. The summed E-state index contributed by atoms with van der Waals surface area (Å²) in [6.45, 7) is 5.26. The Hall–Kier alpha value is -3.04. The fraction of sp³-hybridized carbons (Fsp3) is 0.368. The molecule has 2 N–H and O–H groups in total. The number of morpholine rings is 1. The number of furan rings is 1. The van der Waals surface area contributed by atoms with Crippen LogP contribution in [0.3, 0.4) is 0 Å². The molecule has 3 aromatic rings. The number of nitrogens with one attached hydrogen (secondary N) is 2. The lowest BCUT2D eigenvalue weighted by atomic mass is 10.1.